The van der Waals surface area contributed by atoms with Crippen molar-refractivity contribution < 1.29 is 22.4 Å². The van der Waals surface area contributed by atoms with E-state index in [0.29, 0.717) is 18.5 Å². The van der Waals surface area contributed by atoms with E-state index in [-0.39, 0.29) is 28.2 Å². The van der Waals surface area contributed by atoms with Gasteiger partial charge in [0.2, 0.25) is 21.8 Å². The van der Waals surface area contributed by atoms with E-state index in [1.54, 1.807) is 6.92 Å². The molecular formula is C22H26Cl2FN3O4S. The Hall–Kier alpha value is -2.36. The predicted molar refractivity (Wildman–Crippen MR) is 128 cm³/mol. The molecule has 1 N–H and O–H groups in total. The van der Waals surface area contributed by atoms with Crippen LogP contribution in [-0.4, -0.2) is 50.5 Å². The van der Waals surface area contributed by atoms with E-state index in [4.69, 9.17) is 23.2 Å². The standard InChI is InChI=1S/C22H26Cl2FN3O4S/c1-4-11-26-22(30)15(2)27(13-16-5-8-18(25)9-6-16)21(29)14-28(33(3,31)32)20-12-17(23)7-10-19(20)24/h5-10,12,15H,4,11,13-14H2,1-3H3,(H,26,30)/t15-/m0/s1. The molecule has 33 heavy (non-hydrogen) atoms. The molecule has 7 nitrogen and oxygen atoms in total. The van der Waals surface area contributed by atoms with Gasteiger partial charge in [0.25, 0.3) is 0 Å². The zero-order chi connectivity index (χ0) is 24.8. The zero-order valence-corrected chi connectivity index (χ0v) is 20.8. The molecule has 0 saturated heterocycles. The SMILES string of the molecule is CCCNC(=O)[C@H](C)N(Cc1ccc(F)cc1)C(=O)CN(c1cc(Cl)ccc1Cl)S(C)(=O)=O. The molecule has 180 valence electrons. The summed E-state index contributed by atoms with van der Waals surface area (Å²) in [6, 6.07) is 8.84. The maximum absolute atomic E-state index is 13.4. The second-order valence-electron chi connectivity index (χ2n) is 7.48. The van der Waals surface area contributed by atoms with Crippen molar-refractivity contribution in [1.29, 1.82) is 0 Å². The van der Waals surface area contributed by atoms with E-state index in [9.17, 15) is 22.4 Å². The number of nitrogens with one attached hydrogen (secondary N) is 1. The fourth-order valence-electron chi connectivity index (χ4n) is 3.04. The van der Waals surface area contributed by atoms with Crippen LogP contribution in [0, 0.1) is 5.82 Å². The number of hydrogen-bond donors (Lipinski definition) is 1. The van der Waals surface area contributed by atoms with Crippen LogP contribution in [0.5, 0.6) is 0 Å². The van der Waals surface area contributed by atoms with E-state index in [1.165, 1.54) is 47.4 Å². The van der Waals surface area contributed by atoms with Gasteiger partial charge >= 0.3 is 0 Å². The molecular weight excluding hydrogens is 492 g/mol. The number of sulfonamides is 1. The lowest BCUT2D eigenvalue weighted by atomic mass is 10.1. The van der Waals surface area contributed by atoms with E-state index in [0.717, 1.165) is 10.6 Å². The molecule has 0 saturated carbocycles. The van der Waals surface area contributed by atoms with Gasteiger partial charge in [0.1, 0.15) is 18.4 Å². The minimum absolute atomic E-state index is 0.0271. The third kappa shape index (κ3) is 7.58. The summed E-state index contributed by atoms with van der Waals surface area (Å²) >= 11 is 12.2. The quantitative estimate of drug-likeness (QED) is 0.518. The molecule has 2 rings (SSSR count). The Kier molecular flexibility index (Phi) is 9.51. The van der Waals surface area contributed by atoms with Crippen LogP contribution in [0.2, 0.25) is 10.0 Å². The normalized spacial score (nSPS) is 12.2. The van der Waals surface area contributed by atoms with Crippen molar-refractivity contribution in [3.05, 3.63) is 63.9 Å². The molecule has 2 aromatic carbocycles. The molecule has 0 aliphatic rings. The number of halogens is 3. The Morgan fingerprint density at radius 3 is 2.33 bits per heavy atom. The van der Waals surface area contributed by atoms with Gasteiger partial charge in [-0.05, 0) is 49.2 Å². The Labute approximate surface area is 203 Å². The van der Waals surface area contributed by atoms with Crippen LogP contribution in [0.1, 0.15) is 25.8 Å². The minimum Gasteiger partial charge on any atom is -0.354 e. The number of rotatable bonds is 10. The van der Waals surface area contributed by atoms with Crippen molar-refractivity contribution in [2.75, 3.05) is 23.7 Å². The van der Waals surface area contributed by atoms with Crippen molar-refractivity contribution in [2.24, 2.45) is 0 Å². The maximum atomic E-state index is 13.4. The highest BCUT2D eigenvalue weighted by molar-refractivity contribution is 7.92. The summed E-state index contributed by atoms with van der Waals surface area (Å²) in [4.78, 5) is 27.2. The Bertz CT molecular complexity index is 1100. The molecule has 0 bridgehead atoms. The molecule has 0 spiro atoms. The zero-order valence-electron chi connectivity index (χ0n) is 18.5. The van der Waals surface area contributed by atoms with Gasteiger partial charge in [-0.2, -0.15) is 0 Å². The van der Waals surface area contributed by atoms with Gasteiger partial charge in [-0.15, -0.1) is 0 Å². The van der Waals surface area contributed by atoms with Crippen molar-refractivity contribution >= 4 is 50.7 Å². The summed E-state index contributed by atoms with van der Waals surface area (Å²) in [7, 11) is -3.93. The first kappa shape index (κ1) is 26.9. The number of carbonyl (C=O) groups excluding carboxylic acids is 2. The molecule has 0 heterocycles. The molecule has 0 aliphatic heterocycles. The van der Waals surface area contributed by atoms with Crippen LogP contribution < -0.4 is 9.62 Å². The summed E-state index contributed by atoms with van der Waals surface area (Å²) in [6.07, 6.45) is 1.65. The lowest BCUT2D eigenvalue weighted by molar-refractivity contribution is -0.139. The number of nitrogens with zero attached hydrogens (tertiary/aromatic N) is 2. The van der Waals surface area contributed by atoms with E-state index in [2.05, 4.69) is 5.32 Å². The van der Waals surface area contributed by atoms with Crippen molar-refractivity contribution in [3.8, 4) is 0 Å². The molecule has 0 unspecified atom stereocenters. The second kappa shape index (κ2) is 11.7. The van der Waals surface area contributed by atoms with Crippen LogP contribution >= 0.6 is 23.2 Å². The van der Waals surface area contributed by atoms with E-state index >= 15 is 0 Å². The van der Waals surface area contributed by atoms with Gasteiger partial charge in [-0.25, -0.2) is 12.8 Å². The second-order valence-corrected chi connectivity index (χ2v) is 10.2. The first-order chi connectivity index (χ1) is 15.4. The van der Waals surface area contributed by atoms with Gasteiger partial charge in [-0.1, -0.05) is 42.3 Å². The fourth-order valence-corrected chi connectivity index (χ4v) is 4.33. The lowest BCUT2D eigenvalue weighted by Crippen LogP contribution is -2.51. The number of hydrogen-bond acceptors (Lipinski definition) is 4. The van der Waals surface area contributed by atoms with Crippen LogP contribution in [-0.2, 0) is 26.2 Å². The summed E-state index contributed by atoms with van der Waals surface area (Å²) in [5.41, 5.74) is 0.622. The van der Waals surface area contributed by atoms with Crippen molar-refractivity contribution in [2.45, 2.75) is 32.9 Å². The van der Waals surface area contributed by atoms with Gasteiger partial charge in [0.05, 0.1) is 17.0 Å². The largest absolute Gasteiger partial charge is 0.354 e. The van der Waals surface area contributed by atoms with Gasteiger partial charge in [0, 0.05) is 18.1 Å². The van der Waals surface area contributed by atoms with Crippen molar-refractivity contribution in [3.63, 3.8) is 0 Å². The molecule has 1 atom stereocenters. The van der Waals surface area contributed by atoms with Crippen molar-refractivity contribution in [1.82, 2.24) is 10.2 Å². The van der Waals surface area contributed by atoms with E-state index in [1.807, 2.05) is 6.92 Å². The summed E-state index contributed by atoms with van der Waals surface area (Å²) in [6.45, 7) is 3.23. The average Bonchev–Trinajstić information content (AvgIpc) is 2.75. The highest BCUT2D eigenvalue weighted by Gasteiger charge is 2.30. The summed E-state index contributed by atoms with van der Waals surface area (Å²) in [5, 5.41) is 3.07. The predicted octanol–water partition coefficient (Wildman–Crippen LogP) is 3.84. The Morgan fingerprint density at radius 1 is 1.12 bits per heavy atom. The van der Waals surface area contributed by atoms with Crippen LogP contribution in [0.3, 0.4) is 0 Å². The number of anilines is 1. The van der Waals surface area contributed by atoms with E-state index < -0.39 is 34.3 Å². The van der Waals surface area contributed by atoms with Gasteiger partial charge in [-0.3, -0.25) is 13.9 Å². The van der Waals surface area contributed by atoms with Gasteiger partial charge < -0.3 is 10.2 Å². The first-order valence-electron chi connectivity index (χ1n) is 10.2. The number of amides is 2. The summed E-state index contributed by atoms with van der Waals surface area (Å²) < 4.78 is 39.2. The highest BCUT2D eigenvalue weighted by atomic mass is 35.5. The lowest BCUT2D eigenvalue weighted by Gasteiger charge is -2.31. The monoisotopic (exact) mass is 517 g/mol. The smallest absolute Gasteiger partial charge is 0.244 e. The average molecular weight is 518 g/mol. The highest BCUT2D eigenvalue weighted by Crippen LogP contribution is 2.30. The molecule has 0 fully saturated rings. The molecule has 0 radical (unpaired) electrons. The number of benzene rings is 2. The topological polar surface area (TPSA) is 86.8 Å². The Balaban J connectivity index is 2.40. The fraction of sp³-hybridized carbons (Fsp3) is 0.364. The van der Waals surface area contributed by atoms with Crippen LogP contribution in [0.15, 0.2) is 42.5 Å². The van der Waals surface area contributed by atoms with Crippen LogP contribution in [0.4, 0.5) is 10.1 Å². The van der Waals surface area contributed by atoms with Crippen LogP contribution in [0.25, 0.3) is 0 Å². The molecule has 2 amide bonds. The molecule has 0 aliphatic carbocycles. The molecule has 0 aromatic heterocycles. The Morgan fingerprint density at radius 2 is 1.76 bits per heavy atom. The molecule has 11 heteroatoms. The first-order valence-corrected chi connectivity index (χ1v) is 12.8. The maximum Gasteiger partial charge on any atom is 0.244 e. The molecule has 2 aromatic rings. The third-order valence-corrected chi connectivity index (χ3v) is 6.52. The number of carbonyl (C=O) groups is 2. The minimum atomic E-state index is -3.93. The summed E-state index contributed by atoms with van der Waals surface area (Å²) in [5.74, 6) is -1.47. The third-order valence-electron chi connectivity index (χ3n) is 4.84. The van der Waals surface area contributed by atoms with Gasteiger partial charge in [0.15, 0.2) is 0 Å².